The highest BCUT2D eigenvalue weighted by Gasteiger charge is 2.13. The van der Waals surface area contributed by atoms with Crippen molar-refractivity contribution < 1.29 is 8.78 Å². The number of guanidine groups is 1. The fourth-order valence-corrected chi connectivity index (χ4v) is 2.92. The van der Waals surface area contributed by atoms with Crippen molar-refractivity contribution in [2.24, 2.45) is 4.99 Å². The molecule has 2 aromatic rings. The van der Waals surface area contributed by atoms with Crippen LogP contribution < -0.4 is 10.6 Å². The van der Waals surface area contributed by atoms with Gasteiger partial charge in [-0.15, -0.1) is 11.3 Å². The van der Waals surface area contributed by atoms with Gasteiger partial charge in [-0.25, -0.2) is 13.8 Å². The lowest BCUT2D eigenvalue weighted by Crippen LogP contribution is -2.39. The van der Waals surface area contributed by atoms with Crippen LogP contribution in [0.4, 0.5) is 8.78 Å². The molecule has 0 bridgehead atoms. The number of halogens is 2. The summed E-state index contributed by atoms with van der Waals surface area (Å²) in [4.78, 5) is 9.60. The summed E-state index contributed by atoms with van der Waals surface area (Å²) in [5, 5.41) is 7.32. The molecule has 1 heterocycles. The summed E-state index contributed by atoms with van der Waals surface area (Å²) < 4.78 is 26.8. The number of nitrogens with one attached hydrogen (secondary N) is 2. The number of aryl methyl sites for hydroxylation is 1. The summed E-state index contributed by atoms with van der Waals surface area (Å²) in [5.74, 6) is -0.590. The number of benzene rings is 1. The maximum absolute atomic E-state index is 13.8. The highest BCUT2D eigenvalue weighted by Crippen LogP contribution is 2.17. The van der Waals surface area contributed by atoms with E-state index in [1.165, 1.54) is 17.0 Å². The molecule has 0 aliphatic heterocycles. The van der Waals surface area contributed by atoms with Crippen molar-refractivity contribution in [1.29, 1.82) is 0 Å². The van der Waals surface area contributed by atoms with E-state index in [9.17, 15) is 8.78 Å². The number of aromatic nitrogens is 1. The van der Waals surface area contributed by atoms with Gasteiger partial charge in [-0.05, 0) is 19.9 Å². The predicted octanol–water partition coefficient (Wildman–Crippen LogP) is 3.20. The smallest absolute Gasteiger partial charge is 0.191 e. The van der Waals surface area contributed by atoms with Crippen molar-refractivity contribution in [3.8, 4) is 0 Å². The molecule has 7 heteroatoms. The van der Waals surface area contributed by atoms with Crippen LogP contribution in [0.1, 0.15) is 28.4 Å². The van der Waals surface area contributed by atoms with E-state index >= 15 is 0 Å². The van der Waals surface area contributed by atoms with E-state index in [1.54, 1.807) is 25.3 Å². The second-order valence-corrected chi connectivity index (χ2v) is 6.46. The molecule has 1 aromatic carbocycles. The number of rotatable bonds is 5. The van der Waals surface area contributed by atoms with Crippen molar-refractivity contribution in [1.82, 2.24) is 15.6 Å². The lowest BCUT2D eigenvalue weighted by Gasteiger charge is -2.18. The average Bonchev–Trinajstić information content (AvgIpc) is 2.91. The Morgan fingerprint density at radius 1 is 1.39 bits per heavy atom. The second kappa shape index (κ2) is 8.01. The van der Waals surface area contributed by atoms with Gasteiger partial charge in [-0.3, -0.25) is 4.99 Å². The van der Waals surface area contributed by atoms with Crippen molar-refractivity contribution in [3.05, 3.63) is 51.5 Å². The highest BCUT2D eigenvalue weighted by atomic mass is 32.1. The topological polar surface area (TPSA) is 49.3 Å². The van der Waals surface area contributed by atoms with E-state index in [1.807, 2.05) is 13.1 Å². The summed E-state index contributed by atoms with van der Waals surface area (Å²) >= 11 is 1.66. The molecule has 23 heavy (non-hydrogen) atoms. The van der Waals surface area contributed by atoms with Gasteiger partial charge in [0.05, 0.1) is 11.0 Å². The number of hydrogen-bond donors (Lipinski definition) is 2. The van der Waals surface area contributed by atoms with Crippen LogP contribution in [-0.4, -0.2) is 24.5 Å². The van der Waals surface area contributed by atoms with Crippen molar-refractivity contribution in [3.63, 3.8) is 0 Å². The molecule has 0 spiro atoms. The molecule has 0 amide bonds. The van der Waals surface area contributed by atoms with E-state index in [0.29, 0.717) is 18.1 Å². The van der Waals surface area contributed by atoms with E-state index in [-0.39, 0.29) is 6.04 Å². The van der Waals surface area contributed by atoms with Gasteiger partial charge in [0, 0.05) is 42.7 Å². The standard InChI is InChI=1S/C16H20F2N4S/c1-10-9-21-15(23-10)6-7-20-16(19-3)22-11(2)13-5-4-12(17)8-14(13)18/h4-5,8-9,11H,6-7H2,1-3H3,(H2,19,20,22). The third-order valence-electron chi connectivity index (χ3n) is 3.31. The minimum atomic E-state index is -0.584. The minimum absolute atomic E-state index is 0.330. The molecule has 4 nitrogen and oxygen atoms in total. The summed E-state index contributed by atoms with van der Waals surface area (Å²) in [6, 6.07) is 3.24. The monoisotopic (exact) mass is 338 g/mol. The number of hydrogen-bond acceptors (Lipinski definition) is 3. The molecule has 0 saturated carbocycles. The minimum Gasteiger partial charge on any atom is -0.356 e. The van der Waals surface area contributed by atoms with Gasteiger partial charge in [-0.2, -0.15) is 0 Å². The van der Waals surface area contributed by atoms with Crippen LogP contribution in [0.3, 0.4) is 0 Å². The summed E-state index contributed by atoms with van der Waals surface area (Å²) in [5.41, 5.74) is 0.393. The molecule has 0 aliphatic carbocycles. The zero-order valence-electron chi connectivity index (χ0n) is 13.4. The van der Waals surface area contributed by atoms with Gasteiger partial charge in [0.1, 0.15) is 11.6 Å². The third kappa shape index (κ3) is 4.99. The first-order valence-corrected chi connectivity index (χ1v) is 8.14. The van der Waals surface area contributed by atoms with Gasteiger partial charge in [0.15, 0.2) is 5.96 Å². The molecule has 2 rings (SSSR count). The van der Waals surface area contributed by atoms with Gasteiger partial charge >= 0.3 is 0 Å². The quantitative estimate of drug-likeness (QED) is 0.650. The Morgan fingerprint density at radius 2 is 2.17 bits per heavy atom. The number of nitrogens with zero attached hydrogens (tertiary/aromatic N) is 2. The van der Waals surface area contributed by atoms with Crippen molar-refractivity contribution >= 4 is 17.3 Å². The van der Waals surface area contributed by atoms with Crippen LogP contribution in [0.25, 0.3) is 0 Å². The van der Waals surface area contributed by atoms with Gasteiger partial charge in [-0.1, -0.05) is 6.07 Å². The molecule has 124 valence electrons. The van der Waals surface area contributed by atoms with Crippen LogP contribution >= 0.6 is 11.3 Å². The van der Waals surface area contributed by atoms with Crippen LogP contribution in [0, 0.1) is 18.6 Å². The maximum Gasteiger partial charge on any atom is 0.191 e. The largest absolute Gasteiger partial charge is 0.356 e. The summed E-state index contributed by atoms with van der Waals surface area (Å²) in [7, 11) is 1.65. The molecule has 0 radical (unpaired) electrons. The summed E-state index contributed by atoms with van der Waals surface area (Å²) in [6.07, 6.45) is 2.64. The first-order chi connectivity index (χ1) is 11.0. The third-order valence-corrected chi connectivity index (χ3v) is 4.28. The zero-order chi connectivity index (χ0) is 16.8. The lowest BCUT2D eigenvalue weighted by atomic mass is 10.1. The fraction of sp³-hybridized carbons (Fsp3) is 0.375. The molecular weight excluding hydrogens is 318 g/mol. The van der Waals surface area contributed by atoms with E-state index in [4.69, 9.17) is 0 Å². The number of aliphatic imine (C=N–C) groups is 1. The Kier molecular flexibility index (Phi) is 6.04. The Bertz CT molecular complexity index is 684. The first-order valence-electron chi connectivity index (χ1n) is 7.33. The van der Waals surface area contributed by atoms with Crippen molar-refractivity contribution in [2.75, 3.05) is 13.6 Å². The Balaban J connectivity index is 1.88. The predicted molar refractivity (Wildman–Crippen MR) is 89.8 cm³/mol. The first kappa shape index (κ1) is 17.3. The number of thiazole rings is 1. The van der Waals surface area contributed by atoms with Crippen LogP contribution in [-0.2, 0) is 6.42 Å². The second-order valence-electron chi connectivity index (χ2n) is 5.15. The van der Waals surface area contributed by atoms with Crippen LogP contribution in [0.15, 0.2) is 29.4 Å². The highest BCUT2D eigenvalue weighted by molar-refractivity contribution is 7.11. The fourth-order valence-electron chi connectivity index (χ4n) is 2.13. The van der Waals surface area contributed by atoms with Crippen LogP contribution in [0.5, 0.6) is 0 Å². The molecule has 1 aromatic heterocycles. The van der Waals surface area contributed by atoms with Crippen molar-refractivity contribution in [2.45, 2.75) is 26.3 Å². The summed E-state index contributed by atoms with van der Waals surface area (Å²) in [6.45, 7) is 4.49. The molecule has 1 atom stereocenters. The van der Waals surface area contributed by atoms with E-state index < -0.39 is 11.6 Å². The molecule has 0 saturated heterocycles. The molecule has 0 aliphatic rings. The SMILES string of the molecule is CN=C(NCCc1ncc(C)s1)NC(C)c1ccc(F)cc1F. The van der Waals surface area contributed by atoms with Gasteiger partial charge < -0.3 is 10.6 Å². The van der Waals surface area contributed by atoms with E-state index in [2.05, 4.69) is 20.6 Å². The molecule has 1 unspecified atom stereocenters. The molecule has 2 N–H and O–H groups in total. The lowest BCUT2D eigenvalue weighted by molar-refractivity contribution is 0.551. The Morgan fingerprint density at radius 3 is 2.78 bits per heavy atom. The molecule has 0 fully saturated rings. The van der Waals surface area contributed by atoms with E-state index in [0.717, 1.165) is 17.5 Å². The Hall–Kier alpha value is -2.02. The average molecular weight is 338 g/mol. The molecular formula is C16H20F2N4S. The van der Waals surface area contributed by atoms with Crippen LogP contribution in [0.2, 0.25) is 0 Å². The normalized spacial score (nSPS) is 13.0. The Labute approximate surface area is 138 Å². The zero-order valence-corrected chi connectivity index (χ0v) is 14.2. The van der Waals surface area contributed by atoms with Gasteiger partial charge in [0.25, 0.3) is 0 Å². The van der Waals surface area contributed by atoms with Gasteiger partial charge in [0.2, 0.25) is 0 Å². The maximum atomic E-state index is 13.8.